The Morgan fingerprint density at radius 2 is 1.19 bits per heavy atom. The third kappa shape index (κ3) is 11.1. The molecular weight excluding hydrogens is 272 g/mol. The smallest absolute Gasteiger partial charge is 0.0701 e. The molecule has 0 aromatic rings. The van der Waals surface area contributed by atoms with Crippen molar-refractivity contribution < 1.29 is 24.1 Å². The molecule has 1 saturated carbocycles. The predicted molar refractivity (Wildman–Crippen MR) is 81.5 cm³/mol. The van der Waals surface area contributed by atoms with E-state index in [0.29, 0.717) is 46.2 Å². The fraction of sp³-hybridized carbons (Fsp3) is 1.00. The summed E-state index contributed by atoms with van der Waals surface area (Å²) in [7, 11) is 0. The van der Waals surface area contributed by atoms with E-state index in [2.05, 4.69) is 6.92 Å². The molecule has 0 amide bonds. The van der Waals surface area contributed by atoms with Crippen LogP contribution in [0.15, 0.2) is 0 Å². The van der Waals surface area contributed by atoms with Crippen molar-refractivity contribution in [1.29, 1.82) is 0 Å². The van der Waals surface area contributed by atoms with Crippen molar-refractivity contribution in [2.45, 2.75) is 32.6 Å². The molecule has 1 aliphatic rings. The minimum Gasteiger partial charge on any atom is -0.394 e. The first-order chi connectivity index (χ1) is 10.3. The quantitative estimate of drug-likeness (QED) is 0.526. The summed E-state index contributed by atoms with van der Waals surface area (Å²) in [6.07, 6.45) is 5.33. The largest absolute Gasteiger partial charge is 0.394 e. The summed E-state index contributed by atoms with van der Waals surface area (Å²) >= 11 is 0. The molecule has 21 heavy (non-hydrogen) atoms. The fourth-order valence-electron chi connectivity index (χ4n) is 2.47. The molecule has 5 heteroatoms. The number of hydrogen-bond acceptors (Lipinski definition) is 5. The monoisotopic (exact) mass is 304 g/mol. The molecular formula is C16H32O5. The van der Waals surface area contributed by atoms with Crippen molar-refractivity contribution in [2.24, 2.45) is 11.8 Å². The maximum absolute atomic E-state index is 8.51. The molecule has 126 valence electrons. The molecule has 0 atom stereocenters. The highest BCUT2D eigenvalue weighted by Gasteiger charge is 2.17. The summed E-state index contributed by atoms with van der Waals surface area (Å²) < 4.78 is 21.5. The SMILES string of the molecule is CC1CCC(COCCOCCOCCOCCO)CC1. The maximum atomic E-state index is 8.51. The Morgan fingerprint density at radius 1 is 0.714 bits per heavy atom. The summed E-state index contributed by atoms with van der Waals surface area (Å²) in [4.78, 5) is 0. The van der Waals surface area contributed by atoms with E-state index >= 15 is 0 Å². The van der Waals surface area contributed by atoms with Crippen LogP contribution in [-0.2, 0) is 18.9 Å². The first-order valence-corrected chi connectivity index (χ1v) is 8.24. The van der Waals surface area contributed by atoms with E-state index in [1.165, 1.54) is 25.7 Å². The number of aliphatic hydroxyl groups excluding tert-OH is 1. The van der Waals surface area contributed by atoms with Crippen LogP contribution in [0, 0.1) is 11.8 Å². The van der Waals surface area contributed by atoms with Crippen molar-refractivity contribution in [3.05, 3.63) is 0 Å². The summed E-state index contributed by atoms with van der Waals surface area (Å²) in [5.41, 5.74) is 0. The molecule has 1 fully saturated rings. The number of aliphatic hydroxyl groups is 1. The summed E-state index contributed by atoms with van der Waals surface area (Å²) in [5, 5.41) is 8.51. The van der Waals surface area contributed by atoms with Gasteiger partial charge in [-0.15, -0.1) is 0 Å². The zero-order valence-electron chi connectivity index (χ0n) is 13.4. The van der Waals surface area contributed by atoms with Gasteiger partial charge in [0.15, 0.2) is 0 Å². The lowest BCUT2D eigenvalue weighted by molar-refractivity contribution is -0.0109. The van der Waals surface area contributed by atoms with E-state index in [1.54, 1.807) is 0 Å². The summed E-state index contributed by atoms with van der Waals surface area (Å²) in [5.74, 6) is 1.65. The molecule has 0 radical (unpaired) electrons. The molecule has 0 unspecified atom stereocenters. The van der Waals surface area contributed by atoms with E-state index in [1.807, 2.05) is 0 Å². The van der Waals surface area contributed by atoms with Gasteiger partial charge >= 0.3 is 0 Å². The lowest BCUT2D eigenvalue weighted by Crippen LogP contribution is -2.19. The number of hydrogen-bond donors (Lipinski definition) is 1. The zero-order chi connectivity index (χ0) is 15.2. The summed E-state index contributed by atoms with van der Waals surface area (Å²) in [6, 6.07) is 0. The standard InChI is InChI=1S/C16H32O5/c1-15-2-4-16(5-3-15)14-21-13-12-20-11-10-19-9-8-18-7-6-17/h15-17H,2-14H2,1H3. The van der Waals surface area contributed by atoms with Crippen LogP contribution in [-0.4, -0.2) is 64.6 Å². The third-order valence-electron chi connectivity index (χ3n) is 3.84. The molecule has 1 aliphatic carbocycles. The van der Waals surface area contributed by atoms with Crippen molar-refractivity contribution in [3.8, 4) is 0 Å². The van der Waals surface area contributed by atoms with E-state index in [-0.39, 0.29) is 6.61 Å². The molecule has 5 nitrogen and oxygen atoms in total. The van der Waals surface area contributed by atoms with Crippen LogP contribution < -0.4 is 0 Å². The Hall–Kier alpha value is -0.200. The average molecular weight is 304 g/mol. The molecule has 0 saturated heterocycles. The van der Waals surface area contributed by atoms with Gasteiger partial charge in [0.2, 0.25) is 0 Å². The molecule has 0 bridgehead atoms. The van der Waals surface area contributed by atoms with Crippen molar-refractivity contribution >= 4 is 0 Å². The Balaban J connectivity index is 1.73. The lowest BCUT2D eigenvalue weighted by Gasteiger charge is -2.25. The van der Waals surface area contributed by atoms with Gasteiger partial charge in [0, 0.05) is 6.61 Å². The van der Waals surface area contributed by atoms with Crippen LogP contribution in [0.5, 0.6) is 0 Å². The van der Waals surface area contributed by atoms with E-state index in [0.717, 1.165) is 18.4 Å². The van der Waals surface area contributed by atoms with E-state index in [4.69, 9.17) is 24.1 Å². The second-order valence-electron chi connectivity index (χ2n) is 5.76. The highest BCUT2D eigenvalue weighted by molar-refractivity contribution is 4.69. The second-order valence-corrected chi connectivity index (χ2v) is 5.76. The van der Waals surface area contributed by atoms with Crippen LogP contribution in [0.4, 0.5) is 0 Å². The van der Waals surface area contributed by atoms with Crippen LogP contribution in [0.2, 0.25) is 0 Å². The van der Waals surface area contributed by atoms with Gasteiger partial charge in [-0.05, 0) is 24.7 Å². The first-order valence-electron chi connectivity index (χ1n) is 8.24. The Labute approximate surface area is 128 Å². The molecule has 0 aromatic carbocycles. The molecule has 1 rings (SSSR count). The first kappa shape index (κ1) is 18.8. The predicted octanol–water partition coefficient (Wildman–Crippen LogP) is 1.87. The molecule has 0 heterocycles. The highest BCUT2D eigenvalue weighted by atomic mass is 16.6. The van der Waals surface area contributed by atoms with Gasteiger partial charge in [0.05, 0.1) is 52.9 Å². The number of ether oxygens (including phenoxy) is 4. The summed E-state index contributed by atoms with van der Waals surface area (Å²) in [6.45, 7) is 7.18. The Morgan fingerprint density at radius 3 is 1.71 bits per heavy atom. The van der Waals surface area contributed by atoms with Gasteiger partial charge < -0.3 is 24.1 Å². The van der Waals surface area contributed by atoms with Crippen molar-refractivity contribution in [1.82, 2.24) is 0 Å². The van der Waals surface area contributed by atoms with Crippen molar-refractivity contribution in [3.63, 3.8) is 0 Å². The molecule has 0 aliphatic heterocycles. The van der Waals surface area contributed by atoms with Gasteiger partial charge in [-0.25, -0.2) is 0 Å². The van der Waals surface area contributed by atoms with E-state index < -0.39 is 0 Å². The van der Waals surface area contributed by atoms with Crippen molar-refractivity contribution in [2.75, 3.05) is 59.5 Å². The molecule has 0 spiro atoms. The zero-order valence-corrected chi connectivity index (χ0v) is 13.4. The minimum absolute atomic E-state index is 0.0585. The maximum Gasteiger partial charge on any atom is 0.0701 e. The molecule has 0 aromatic heterocycles. The highest BCUT2D eigenvalue weighted by Crippen LogP contribution is 2.28. The number of rotatable bonds is 13. The Bertz CT molecular complexity index is 217. The third-order valence-corrected chi connectivity index (χ3v) is 3.84. The minimum atomic E-state index is 0.0585. The van der Waals surface area contributed by atoms with Crippen LogP contribution in [0.1, 0.15) is 32.6 Å². The molecule has 1 N–H and O–H groups in total. The van der Waals surface area contributed by atoms with Gasteiger partial charge in [-0.3, -0.25) is 0 Å². The lowest BCUT2D eigenvalue weighted by atomic mass is 9.83. The van der Waals surface area contributed by atoms with Gasteiger partial charge in [-0.1, -0.05) is 19.8 Å². The van der Waals surface area contributed by atoms with Gasteiger partial charge in [-0.2, -0.15) is 0 Å². The Kier molecular flexibility index (Phi) is 12.1. The fourth-order valence-corrected chi connectivity index (χ4v) is 2.47. The van der Waals surface area contributed by atoms with Crippen LogP contribution in [0.3, 0.4) is 0 Å². The average Bonchev–Trinajstić information content (AvgIpc) is 2.50. The second kappa shape index (κ2) is 13.5. The van der Waals surface area contributed by atoms with Crippen LogP contribution in [0.25, 0.3) is 0 Å². The topological polar surface area (TPSA) is 57.2 Å². The van der Waals surface area contributed by atoms with Gasteiger partial charge in [0.25, 0.3) is 0 Å². The van der Waals surface area contributed by atoms with Crippen LogP contribution >= 0.6 is 0 Å². The van der Waals surface area contributed by atoms with E-state index in [9.17, 15) is 0 Å². The normalized spacial score (nSPS) is 22.6. The van der Waals surface area contributed by atoms with Gasteiger partial charge in [0.1, 0.15) is 0 Å².